The number of hydrogen-bond donors (Lipinski definition) is 1. The van der Waals surface area contributed by atoms with E-state index in [1.165, 1.54) is 0 Å². The highest BCUT2D eigenvalue weighted by Crippen LogP contribution is 2.14. The summed E-state index contributed by atoms with van der Waals surface area (Å²) >= 11 is 1.55. The van der Waals surface area contributed by atoms with Crippen molar-refractivity contribution in [3.8, 4) is 0 Å². The number of carbonyl (C=O) groups is 3. The number of hydrogen-bond acceptors (Lipinski definition) is 6. The van der Waals surface area contributed by atoms with Gasteiger partial charge in [-0.1, -0.05) is 19.1 Å². The zero-order valence-corrected chi connectivity index (χ0v) is 14.5. The van der Waals surface area contributed by atoms with Crippen molar-refractivity contribution in [1.82, 2.24) is 15.2 Å². The number of benzene rings is 1. The molecule has 3 amide bonds. The number of ether oxygens (including phenoxy) is 1. The van der Waals surface area contributed by atoms with Gasteiger partial charge < -0.3 is 10.1 Å². The van der Waals surface area contributed by atoms with Crippen molar-refractivity contribution in [2.75, 3.05) is 6.54 Å². The molecule has 0 radical (unpaired) electrons. The molecule has 0 unspecified atom stereocenters. The van der Waals surface area contributed by atoms with Crippen LogP contribution in [0, 0.1) is 0 Å². The summed E-state index contributed by atoms with van der Waals surface area (Å²) in [6.45, 7) is 2.37. The van der Waals surface area contributed by atoms with E-state index in [0.29, 0.717) is 5.56 Å². The second-order valence-corrected chi connectivity index (χ2v) is 6.44. The van der Waals surface area contributed by atoms with E-state index < -0.39 is 12.0 Å². The molecule has 25 heavy (non-hydrogen) atoms. The van der Waals surface area contributed by atoms with Crippen LogP contribution in [0.2, 0.25) is 0 Å². The minimum Gasteiger partial charge on any atom is -0.456 e. The number of rotatable bonds is 6. The number of urea groups is 1. The first kappa shape index (κ1) is 17.1. The predicted octanol–water partition coefficient (Wildman–Crippen LogP) is 2.11. The number of nitrogens with zero attached hydrogens (tertiary/aromatic N) is 2. The molecule has 2 aromatic rings. The van der Waals surface area contributed by atoms with Crippen LogP contribution < -0.4 is 5.32 Å². The maximum absolute atomic E-state index is 12.1. The Morgan fingerprint density at radius 3 is 2.68 bits per heavy atom. The van der Waals surface area contributed by atoms with Crippen molar-refractivity contribution in [1.29, 1.82) is 0 Å². The highest BCUT2D eigenvalue weighted by Gasteiger charge is 2.28. The molecule has 0 atom stereocenters. The Kier molecular flexibility index (Phi) is 5.08. The number of aryl methyl sites for hydroxylation is 1. The summed E-state index contributed by atoms with van der Waals surface area (Å²) < 4.78 is 5.26. The van der Waals surface area contributed by atoms with Gasteiger partial charge in [-0.25, -0.2) is 14.6 Å². The number of nitrogens with one attached hydrogen (secondary N) is 1. The van der Waals surface area contributed by atoms with Crippen LogP contribution in [0.15, 0.2) is 29.6 Å². The summed E-state index contributed by atoms with van der Waals surface area (Å²) in [5.74, 6) is -0.698. The van der Waals surface area contributed by atoms with E-state index in [0.717, 1.165) is 27.6 Å². The van der Waals surface area contributed by atoms with Crippen LogP contribution in [-0.4, -0.2) is 34.3 Å². The molecule has 1 aliphatic heterocycles. The molecular formula is C17H17N3O4S. The van der Waals surface area contributed by atoms with E-state index in [1.807, 2.05) is 12.3 Å². The Hall–Kier alpha value is -2.74. The first-order chi connectivity index (χ1) is 12.1. The van der Waals surface area contributed by atoms with Crippen molar-refractivity contribution in [3.63, 3.8) is 0 Å². The molecule has 1 aliphatic rings. The SMILES string of the molecule is CCc1nc(COC(=O)c2ccc(CN3C(=O)CNC3=O)cc2)cs1. The third-order valence-electron chi connectivity index (χ3n) is 3.72. The van der Waals surface area contributed by atoms with Gasteiger partial charge in [0.25, 0.3) is 0 Å². The molecule has 1 aromatic heterocycles. The van der Waals surface area contributed by atoms with Gasteiger partial charge in [0.15, 0.2) is 0 Å². The van der Waals surface area contributed by atoms with E-state index in [-0.39, 0.29) is 25.6 Å². The second kappa shape index (κ2) is 7.43. The molecule has 1 N–H and O–H groups in total. The third kappa shape index (κ3) is 4.03. The summed E-state index contributed by atoms with van der Waals surface area (Å²) in [4.78, 5) is 40.7. The fourth-order valence-electron chi connectivity index (χ4n) is 2.34. The van der Waals surface area contributed by atoms with Crippen LogP contribution in [0.3, 0.4) is 0 Å². The summed E-state index contributed by atoms with van der Waals surface area (Å²) in [6.07, 6.45) is 0.859. The van der Waals surface area contributed by atoms with Crippen LogP contribution in [0.5, 0.6) is 0 Å². The van der Waals surface area contributed by atoms with Crippen molar-refractivity contribution in [3.05, 3.63) is 51.5 Å². The van der Waals surface area contributed by atoms with Gasteiger partial charge in [-0.2, -0.15) is 0 Å². The summed E-state index contributed by atoms with van der Waals surface area (Å²) in [5.41, 5.74) is 1.91. The third-order valence-corrected chi connectivity index (χ3v) is 4.76. The van der Waals surface area contributed by atoms with Gasteiger partial charge in [-0.05, 0) is 24.1 Å². The highest BCUT2D eigenvalue weighted by atomic mass is 32.1. The number of aromatic nitrogens is 1. The van der Waals surface area contributed by atoms with E-state index in [4.69, 9.17) is 4.74 Å². The Labute approximate surface area is 148 Å². The number of amides is 3. The fourth-order valence-corrected chi connectivity index (χ4v) is 3.07. The lowest BCUT2D eigenvalue weighted by atomic mass is 10.1. The van der Waals surface area contributed by atoms with Crippen LogP contribution in [-0.2, 0) is 29.1 Å². The van der Waals surface area contributed by atoms with Crippen molar-refractivity contribution < 1.29 is 19.1 Å². The molecule has 2 heterocycles. The maximum atomic E-state index is 12.1. The molecule has 0 aliphatic carbocycles. The minimum atomic E-state index is -0.437. The van der Waals surface area contributed by atoms with E-state index in [2.05, 4.69) is 10.3 Å². The highest BCUT2D eigenvalue weighted by molar-refractivity contribution is 7.09. The molecule has 0 saturated carbocycles. The van der Waals surface area contributed by atoms with Crippen LogP contribution in [0.25, 0.3) is 0 Å². The predicted molar refractivity (Wildman–Crippen MR) is 91.0 cm³/mol. The van der Waals surface area contributed by atoms with E-state index >= 15 is 0 Å². The molecule has 8 heteroatoms. The van der Waals surface area contributed by atoms with Gasteiger partial charge in [0.2, 0.25) is 5.91 Å². The minimum absolute atomic E-state index is 0.0274. The van der Waals surface area contributed by atoms with Crippen molar-refractivity contribution in [2.45, 2.75) is 26.5 Å². The molecule has 7 nitrogen and oxygen atoms in total. The van der Waals surface area contributed by atoms with Crippen LogP contribution in [0.1, 0.15) is 33.5 Å². The first-order valence-corrected chi connectivity index (χ1v) is 8.72. The zero-order chi connectivity index (χ0) is 17.8. The van der Waals surface area contributed by atoms with Crippen molar-refractivity contribution >= 4 is 29.2 Å². The van der Waals surface area contributed by atoms with Gasteiger partial charge in [-0.15, -0.1) is 11.3 Å². The summed E-state index contributed by atoms with van der Waals surface area (Å²) in [7, 11) is 0. The van der Waals surface area contributed by atoms with E-state index in [1.54, 1.807) is 35.6 Å². The fraction of sp³-hybridized carbons (Fsp3) is 0.294. The number of imide groups is 1. The molecular weight excluding hydrogens is 342 g/mol. The van der Waals surface area contributed by atoms with E-state index in [9.17, 15) is 14.4 Å². The lowest BCUT2D eigenvalue weighted by molar-refractivity contribution is -0.125. The maximum Gasteiger partial charge on any atom is 0.338 e. The van der Waals surface area contributed by atoms with Gasteiger partial charge in [0.1, 0.15) is 6.61 Å². The molecule has 1 saturated heterocycles. The number of esters is 1. The number of thiazole rings is 1. The second-order valence-electron chi connectivity index (χ2n) is 5.50. The Morgan fingerprint density at radius 1 is 1.32 bits per heavy atom. The monoisotopic (exact) mass is 359 g/mol. The van der Waals surface area contributed by atoms with Crippen molar-refractivity contribution in [2.24, 2.45) is 0 Å². The lowest BCUT2D eigenvalue weighted by Gasteiger charge is -2.12. The average molecular weight is 359 g/mol. The van der Waals surface area contributed by atoms with Gasteiger partial charge >= 0.3 is 12.0 Å². The van der Waals surface area contributed by atoms with Crippen LogP contribution in [0.4, 0.5) is 4.79 Å². The Balaban J connectivity index is 1.56. The smallest absolute Gasteiger partial charge is 0.338 e. The van der Waals surface area contributed by atoms with Gasteiger partial charge in [0, 0.05) is 5.38 Å². The lowest BCUT2D eigenvalue weighted by Crippen LogP contribution is -2.30. The molecule has 0 spiro atoms. The molecule has 1 fully saturated rings. The first-order valence-electron chi connectivity index (χ1n) is 7.84. The standard InChI is InChI=1S/C17H17N3O4S/c1-2-14-19-13(10-25-14)9-24-16(22)12-5-3-11(4-6-12)8-20-15(21)7-18-17(20)23/h3-6,10H,2,7-9H2,1H3,(H,18,23). The Bertz CT molecular complexity index is 784. The van der Waals surface area contributed by atoms with Crippen LogP contribution >= 0.6 is 11.3 Å². The number of carbonyl (C=O) groups excluding carboxylic acids is 3. The normalized spacial score (nSPS) is 13.9. The molecule has 130 valence electrons. The average Bonchev–Trinajstić information content (AvgIpc) is 3.22. The zero-order valence-electron chi connectivity index (χ0n) is 13.7. The summed E-state index contributed by atoms with van der Waals surface area (Å²) in [6, 6.07) is 6.24. The van der Waals surface area contributed by atoms with Gasteiger partial charge in [0.05, 0.1) is 29.4 Å². The quantitative estimate of drug-likeness (QED) is 0.630. The summed E-state index contributed by atoms with van der Waals surface area (Å²) in [5, 5.41) is 5.36. The largest absolute Gasteiger partial charge is 0.456 e. The Morgan fingerprint density at radius 2 is 2.08 bits per heavy atom. The van der Waals surface area contributed by atoms with Gasteiger partial charge in [-0.3, -0.25) is 9.69 Å². The molecule has 0 bridgehead atoms. The molecule has 3 rings (SSSR count). The molecule has 1 aromatic carbocycles. The topological polar surface area (TPSA) is 88.6 Å².